The van der Waals surface area contributed by atoms with Gasteiger partial charge in [0.05, 0.1) is 18.7 Å². The van der Waals surface area contributed by atoms with Gasteiger partial charge in [0.25, 0.3) is 0 Å². The Balaban J connectivity index is 2.20. The van der Waals surface area contributed by atoms with Gasteiger partial charge in [0.2, 0.25) is 0 Å². The zero-order chi connectivity index (χ0) is 21.2. The lowest BCUT2D eigenvalue weighted by molar-refractivity contribution is -0.145. The Hall–Kier alpha value is -2.61. The molecule has 2 aromatic rings. The van der Waals surface area contributed by atoms with Crippen LogP contribution in [0, 0.1) is 5.82 Å². The van der Waals surface area contributed by atoms with E-state index in [-0.39, 0.29) is 11.3 Å². The maximum atomic E-state index is 14.1. The van der Waals surface area contributed by atoms with Crippen molar-refractivity contribution in [2.45, 2.75) is 37.5 Å². The minimum atomic E-state index is -4.55. The van der Waals surface area contributed by atoms with Gasteiger partial charge in [0.1, 0.15) is 17.6 Å². The normalized spacial score (nSPS) is 19.0. The highest BCUT2D eigenvalue weighted by atomic mass is 19.4. The Kier molecular flexibility index (Phi) is 6.12. The van der Waals surface area contributed by atoms with E-state index >= 15 is 0 Å². The third-order valence-electron chi connectivity index (χ3n) is 5.18. The summed E-state index contributed by atoms with van der Waals surface area (Å²) in [6.45, 7) is 0.359. The molecule has 0 radical (unpaired) electrons. The highest BCUT2D eigenvalue weighted by molar-refractivity contribution is 5.73. The SMILES string of the molecule is COc1ccc(F)cc1C(c1cccc(C(F)(F)F)c1)N1CCCCC1C(=O)O. The molecule has 1 aliphatic rings. The van der Waals surface area contributed by atoms with Crippen LogP contribution in [0.2, 0.25) is 0 Å². The summed E-state index contributed by atoms with van der Waals surface area (Å²) in [6.07, 6.45) is -2.80. The Morgan fingerprint density at radius 1 is 1.21 bits per heavy atom. The molecule has 1 aliphatic heterocycles. The third kappa shape index (κ3) is 4.53. The number of methoxy groups -OCH3 is 1. The van der Waals surface area contributed by atoms with Crippen LogP contribution in [0.15, 0.2) is 42.5 Å². The van der Waals surface area contributed by atoms with Crippen LogP contribution in [0.1, 0.15) is 42.0 Å². The number of ether oxygens (including phenoxy) is 1. The molecule has 0 spiro atoms. The number of carbonyl (C=O) groups is 1. The Bertz CT molecular complexity index is 884. The average Bonchev–Trinajstić information content (AvgIpc) is 2.68. The van der Waals surface area contributed by atoms with Crippen LogP contribution < -0.4 is 4.74 Å². The van der Waals surface area contributed by atoms with Crippen LogP contribution >= 0.6 is 0 Å². The smallest absolute Gasteiger partial charge is 0.416 e. The number of piperidine rings is 1. The van der Waals surface area contributed by atoms with Crippen molar-refractivity contribution in [3.8, 4) is 5.75 Å². The van der Waals surface area contributed by atoms with E-state index in [0.29, 0.717) is 31.4 Å². The molecular formula is C21H21F4NO3. The molecule has 2 unspecified atom stereocenters. The van der Waals surface area contributed by atoms with Gasteiger partial charge in [0, 0.05) is 5.56 Å². The van der Waals surface area contributed by atoms with E-state index in [1.807, 2.05) is 0 Å². The predicted molar refractivity (Wildman–Crippen MR) is 98.2 cm³/mol. The largest absolute Gasteiger partial charge is 0.496 e. The summed E-state index contributed by atoms with van der Waals surface area (Å²) in [5.41, 5.74) is -0.323. The molecule has 0 aromatic heterocycles. The van der Waals surface area contributed by atoms with E-state index in [2.05, 4.69) is 0 Å². The Morgan fingerprint density at radius 3 is 2.62 bits per heavy atom. The summed E-state index contributed by atoms with van der Waals surface area (Å²) in [5.74, 6) is -1.36. The lowest BCUT2D eigenvalue weighted by atomic mass is 9.90. The first-order valence-electron chi connectivity index (χ1n) is 9.21. The quantitative estimate of drug-likeness (QED) is 0.713. The summed E-state index contributed by atoms with van der Waals surface area (Å²) in [7, 11) is 1.38. The van der Waals surface area contributed by atoms with E-state index in [9.17, 15) is 27.5 Å². The third-order valence-corrected chi connectivity index (χ3v) is 5.18. The fourth-order valence-corrected chi connectivity index (χ4v) is 3.88. The van der Waals surface area contributed by atoms with Gasteiger partial charge in [-0.25, -0.2) is 4.39 Å². The van der Waals surface area contributed by atoms with E-state index in [1.54, 1.807) is 4.90 Å². The molecule has 0 amide bonds. The molecule has 0 bridgehead atoms. The fraction of sp³-hybridized carbons (Fsp3) is 0.381. The minimum Gasteiger partial charge on any atom is -0.496 e. The first kappa shape index (κ1) is 21.1. The van der Waals surface area contributed by atoms with Crippen molar-refractivity contribution in [1.82, 2.24) is 4.90 Å². The van der Waals surface area contributed by atoms with E-state index < -0.39 is 35.6 Å². The topological polar surface area (TPSA) is 49.8 Å². The average molecular weight is 411 g/mol. The van der Waals surface area contributed by atoms with Crippen LogP contribution in [0.25, 0.3) is 0 Å². The maximum Gasteiger partial charge on any atom is 0.416 e. The zero-order valence-corrected chi connectivity index (χ0v) is 15.7. The molecule has 2 aromatic carbocycles. The highest BCUT2D eigenvalue weighted by Gasteiger charge is 2.38. The molecule has 0 aliphatic carbocycles. The van der Waals surface area contributed by atoms with Crippen molar-refractivity contribution in [3.05, 3.63) is 65.0 Å². The Labute approximate surface area is 165 Å². The lowest BCUT2D eigenvalue weighted by Crippen LogP contribution is -2.47. The van der Waals surface area contributed by atoms with Crippen LogP contribution in [-0.2, 0) is 11.0 Å². The number of carboxylic acid groups (broad SMARTS) is 1. The van der Waals surface area contributed by atoms with Crippen molar-refractivity contribution >= 4 is 5.97 Å². The number of aliphatic carboxylic acids is 1. The van der Waals surface area contributed by atoms with Gasteiger partial charge in [-0.2, -0.15) is 13.2 Å². The lowest BCUT2D eigenvalue weighted by Gasteiger charge is -2.40. The van der Waals surface area contributed by atoms with E-state index in [0.717, 1.165) is 12.1 Å². The summed E-state index contributed by atoms with van der Waals surface area (Å²) < 4.78 is 59.3. The molecule has 29 heavy (non-hydrogen) atoms. The number of hydrogen-bond donors (Lipinski definition) is 1. The van der Waals surface area contributed by atoms with Crippen LogP contribution in [0.5, 0.6) is 5.75 Å². The van der Waals surface area contributed by atoms with Crippen molar-refractivity contribution < 1.29 is 32.2 Å². The van der Waals surface area contributed by atoms with E-state index in [4.69, 9.17) is 4.74 Å². The number of benzene rings is 2. The molecular weight excluding hydrogens is 390 g/mol. The second kappa shape index (κ2) is 8.41. The maximum absolute atomic E-state index is 14.1. The number of nitrogens with zero attached hydrogens (tertiary/aromatic N) is 1. The van der Waals surface area contributed by atoms with E-state index in [1.165, 1.54) is 37.4 Å². The summed E-state index contributed by atoms with van der Waals surface area (Å²) >= 11 is 0. The van der Waals surface area contributed by atoms with Gasteiger partial charge >= 0.3 is 12.1 Å². The molecule has 1 heterocycles. The second-order valence-electron chi connectivity index (χ2n) is 7.00. The van der Waals surface area contributed by atoms with Crippen molar-refractivity contribution in [2.24, 2.45) is 0 Å². The fourth-order valence-electron chi connectivity index (χ4n) is 3.88. The molecule has 1 saturated heterocycles. The van der Waals surface area contributed by atoms with Gasteiger partial charge in [-0.3, -0.25) is 9.69 Å². The number of rotatable bonds is 5. The summed E-state index contributed by atoms with van der Waals surface area (Å²) in [4.78, 5) is 13.5. The van der Waals surface area contributed by atoms with Crippen molar-refractivity contribution in [1.29, 1.82) is 0 Å². The molecule has 1 N–H and O–H groups in total. The summed E-state index contributed by atoms with van der Waals surface area (Å²) in [5, 5.41) is 9.69. The molecule has 0 saturated carbocycles. The molecule has 3 rings (SSSR count). The monoisotopic (exact) mass is 411 g/mol. The number of halogens is 4. The summed E-state index contributed by atoms with van der Waals surface area (Å²) in [6, 6.07) is 6.70. The minimum absolute atomic E-state index is 0.233. The molecule has 1 fully saturated rings. The molecule has 2 atom stereocenters. The van der Waals surface area contributed by atoms with Crippen molar-refractivity contribution in [3.63, 3.8) is 0 Å². The predicted octanol–water partition coefficient (Wildman–Crippen LogP) is 4.88. The second-order valence-corrected chi connectivity index (χ2v) is 7.00. The van der Waals surface area contributed by atoms with Gasteiger partial charge < -0.3 is 9.84 Å². The first-order valence-corrected chi connectivity index (χ1v) is 9.21. The van der Waals surface area contributed by atoms with Gasteiger partial charge in [-0.1, -0.05) is 18.6 Å². The van der Waals surface area contributed by atoms with Crippen molar-refractivity contribution in [2.75, 3.05) is 13.7 Å². The van der Waals surface area contributed by atoms with Gasteiger partial charge in [-0.05, 0) is 55.3 Å². The molecule has 156 valence electrons. The number of carboxylic acids is 1. The zero-order valence-electron chi connectivity index (χ0n) is 15.7. The van der Waals surface area contributed by atoms with Crippen LogP contribution in [0.4, 0.5) is 17.6 Å². The molecule has 8 heteroatoms. The Morgan fingerprint density at radius 2 is 1.97 bits per heavy atom. The van der Waals surface area contributed by atoms with Crippen LogP contribution in [-0.4, -0.2) is 35.7 Å². The molecule has 4 nitrogen and oxygen atoms in total. The number of hydrogen-bond acceptors (Lipinski definition) is 3. The highest BCUT2D eigenvalue weighted by Crippen LogP contribution is 2.40. The number of likely N-dealkylation sites (tertiary alicyclic amines) is 1. The van der Waals surface area contributed by atoms with Gasteiger partial charge in [-0.15, -0.1) is 0 Å². The van der Waals surface area contributed by atoms with Gasteiger partial charge in [0.15, 0.2) is 0 Å². The number of alkyl halides is 3. The van der Waals surface area contributed by atoms with Crippen LogP contribution in [0.3, 0.4) is 0 Å². The standard InChI is InChI=1S/C21H21F4NO3/c1-29-18-9-8-15(22)12-16(18)19(26-10-3-2-7-17(26)20(27)28)13-5-4-6-14(11-13)21(23,24)25/h4-6,8-9,11-12,17,19H,2-3,7,10H2,1H3,(H,27,28). The first-order chi connectivity index (χ1) is 13.7.